The largest absolute Gasteiger partial charge is 0.497 e. The zero-order valence-corrected chi connectivity index (χ0v) is 15.9. The van der Waals surface area contributed by atoms with Gasteiger partial charge in [0, 0.05) is 19.3 Å². The van der Waals surface area contributed by atoms with E-state index in [0.717, 1.165) is 30.0 Å². The summed E-state index contributed by atoms with van der Waals surface area (Å²) in [4.78, 5) is 27.2. The summed E-state index contributed by atoms with van der Waals surface area (Å²) in [5.74, 6) is 2.51. The Morgan fingerprint density at radius 3 is 2.70 bits per heavy atom. The molecule has 27 heavy (non-hydrogen) atoms. The highest BCUT2D eigenvalue weighted by Gasteiger charge is 2.24. The number of nitrogens with zero attached hydrogens (tertiary/aromatic N) is 3. The maximum atomic E-state index is 13.0. The van der Waals surface area contributed by atoms with E-state index in [0.29, 0.717) is 28.8 Å². The average molecular weight is 364 g/mol. The lowest BCUT2D eigenvalue weighted by Crippen LogP contribution is -2.40. The molecule has 1 saturated heterocycles. The number of methoxy groups -OCH3 is 1. The van der Waals surface area contributed by atoms with E-state index in [2.05, 4.69) is 33.7 Å². The fourth-order valence-electron chi connectivity index (χ4n) is 4.07. The molecule has 0 amide bonds. The number of fused-ring (bicyclic) bond motifs is 1. The van der Waals surface area contributed by atoms with Crippen LogP contribution in [0.2, 0.25) is 0 Å². The summed E-state index contributed by atoms with van der Waals surface area (Å²) in [5.41, 5.74) is 2.02. The molecule has 6 heteroatoms. The van der Waals surface area contributed by atoms with Gasteiger partial charge >= 0.3 is 0 Å². The van der Waals surface area contributed by atoms with E-state index in [1.165, 1.54) is 6.42 Å². The minimum atomic E-state index is -0.160. The maximum Gasteiger partial charge on any atom is 0.262 e. The zero-order valence-electron chi connectivity index (χ0n) is 15.9. The van der Waals surface area contributed by atoms with E-state index >= 15 is 0 Å². The Morgan fingerprint density at radius 2 is 1.96 bits per heavy atom. The van der Waals surface area contributed by atoms with Gasteiger partial charge in [0.05, 0.1) is 12.5 Å². The molecule has 1 aliphatic heterocycles. The van der Waals surface area contributed by atoms with Crippen molar-refractivity contribution in [3.8, 4) is 16.9 Å². The monoisotopic (exact) mass is 364 g/mol. The smallest absolute Gasteiger partial charge is 0.262 e. The van der Waals surface area contributed by atoms with Crippen molar-refractivity contribution < 1.29 is 4.74 Å². The van der Waals surface area contributed by atoms with Crippen LogP contribution in [0.3, 0.4) is 0 Å². The van der Waals surface area contributed by atoms with Gasteiger partial charge < -0.3 is 9.64 Å². The molecule has 3 heterocycles. The molecule has 0 aliphatic carbocycles. The van der Waals surface area contributed by atoms with Gasteiger partial charge in [-0.2, -0.15) is 4.98 Å². The minimum absolute atomic E-state index is 0.160. The molecule has 140 valence electrons. The van der Waals surface area contributed by atoms with Crippen molar-refractivity contribution in [1.29, 1.82) is 0 Å². The summed E-state index contributed by atoms with van der Waals surface area (Å²) in [6.07, 6.45) is 2.90. The van der Waals surface area contributed by atoms with Gasteiger partial charge in [-0.3, -0.25) is 9.78 Å². The molecule has 2 aromatic heterocycles. The minimum Gasteiger partial charge on any atom is -0.497 e. The molecule has 1 aliphatic rings. The molecule has 3 aromatic rings. The first-order chi connectivity index (χ1) is 13.0. The Bertz CT molecular complexity index is 1020. The number of rotatable bonds is 3. The number of piperidine rings is 1. The molecular weight excluding hydrogens is 340 g/mol. The van der Waals surface area contributed by atoms with E-state index in [-0.39, 0.29) is 5.56 Å². The highest BCUT2D eigenvalue weighted by Crippen LogP contribution is 2.29. The van der Waals surface area contributed by atoms with Crippen molar-refractivity contribution in [2.75, 3.05) is 25.1 Å². The third-order valence-corrected chi connectivity index (χ3v) is 5.14. The van der Waals surface area contributed by atoms with E-state index in [1.54, 1.807) is 13.3 Å². The van der Waals surface area contributed by atoms with Crippen LogP contribution in [0.25, 0.3) is 22.2 Å². The summed E-state index contributed by atoms with van der Waals surface area (Å²) in [7, 11) is 1.63. The first-order valence-corrected chi connectivity index (χ1v) is 9.33. The topological polar surface area (TPSA) is 71.1 Å². The fraction of sp³-hybridized carbons (Fsp3) is 0.381. The van der Waals surface area contributed by atoms with E-state index in [9.17, 15) is 4.79 Å². The first-order valence-electron chi connectivity index (χ1n) is 9.33. The van der Waals surface area contributed by atoms with Crippen molar-refractivity contribution in [3.63, 3.8) is 0 Å². The summed E-state index contributed by atoms with van der Waals surface area (Å²) in [6, 6.07) is 9.51. The number of ether oxygens (including phenoxy) is 1. The summed E-state index contributed by atoms with van der Waals surface area (Å²) in [5, 5.41) is 0.507. The van der Waals surface area contributed by atoms with E-state index in [4.69, 9.17) is 4.74 Å². The number of hydrogen-bond acceptors (Lipinski definition) is 5. The molecule has 1 N–H and O–H groups in total. The second-order valence-corrected chi connectivity index (χ2v) is 7.53. The van der Waals surface area contributed by atoms with Crippen LogP contribution in [-0.2, 0) is 0 Å². The molecule has 0 bridgehead atoms. The van der Waals surface area contributed by atoms with Gasteiger partial charge in [-0.05, 0) is 47.6 Å². The third-order valence-electron chi connectivity index (χ3n) is 5.14. The molecule has 4 rings (SSSR count). The van der Waals surface area contributed by atoms with Gasteiger partial charge in [0.2, 0.25) is 5.95 Å². The van der Waals surface area contributed by atoms with Crippen molar-refractivity contribution in [2.45, 2.75) is 20.3 Å². The fourth-order valence-corrected chi connectivity index (χ4v) is 4.07. The number of nitrogens with one attached hydrogen (secondary N) is 1. The standard InChI is InChI=1S/C21H24N4O2/c1-13-9-14(2)12-25(11-13)21-23-19-18(20(26)24-21)17(7-8-22-19)15-5-4-6-16(10-15)27-3/h4-8,10,13-14H,9,11-12H2,1-3H3,(H,22,23,24,26). The van der Waals surface area contributed by atoms with Crippen LogP contribution >= 0.6 is 0 Å². The Balaban J connectivity index is 1.82. The van der Waals surface area contributed by atoms with Crippen molar-refractivity contribution in [1.82, 2.24) is 15.0 Å². The van der Waals surface area contributed by atoms with Gasteiger partial charge in [-0.15, -0.1) is 0 Å². The number of hydrogen-bond donors (Lipinski definition) is 1. The van der Waals surface area contributed by atoms with Crippen molar-refractivity contribution in [2.24, 2.45) is 11.8 Å². The van der Waals surface area contributed by atoms with E-state index < -0.39 is 0 Å². The Morgan fingerprint density at radius 1 is 1.19 bits per heavy atom. The van der Waals surface area contributed by atoms with Crippen LogP contribution in [0.4, 0.5) is 5.95 Å². The van der Waals surface area contributed by atoms with Crippen LogP contribution in [0.5, 0.6) is 5.75 Å². The molecule has 0 spiro atoms. The predicted octanol–water partition coefficient (Wildman–Crippen LogP) is 3.48. The lowest BCUT2D eigenvalue weighted by Gasteiger charge is -2.35. The zero-order chi connectivity index (χ0) is 19.0. The van der Waals surface area contributed by atoms with Crippen LogP contribution in [0, 0.1) is 11.8 Å². The molecule has 1 aromatic carbocycles. The molecule has 1 fully saturated rings. The van der Waals surface area contributed by atoms with Crippen LogP contribution in [0.15, 0.2) is 41.3 Å². The van der Waals surface area contributed by atoms with Gasteiger partial charge in [0.15, 0.2) is 5.65 Å². The van der Waals surface area contributed by atoms with Gasteiger partial charge in [0.1, 0.15) is 5.75 Å². The maximum absolute atomic E-state index is 13.0. The Labute approximate surface area is 158 Å². The highest BCUT2D eigenvalue weighted by molar-refractivity contribution is 5.92. The van der Waals surface area contributed by atoms with Crippen LogP contribution in [0.1, 0.15) is 20.3 Å². The highest BCUT2D eigenvalue weighted by atomic mass is 16.5. The average Bonchev–Trinajstić information content (AvgIpc) is 2.66. The summed E-state index contributed by atoms with van der Waals surface area (Å²) < 4.78 is 5.31. The first kappa shape index (κ1) is 17.5. The number of aromatic nitrogens is 3. The van der Waals surface area contributed by atoms with Crippen molar-refractivity contribution in [3.05, 3.63) is 46.9 Å². The number of anilines is 1. The Hall–Kier alpha value is -2.89. The molecule has 0 radical (unpaired) electrons. The number of benzene rings is 1. The SMILES string of the molecule is COc1cccc(-c2ccnc3nc(N4CC(C)CC(C)C4)[nH]c(=O)c23)c1. The lowest BCUT2D eigenvalue weighted by atomic mass is 9.92. The second kappa shape index (κ2) is 7.02. The Kier molecular flexibility index (Phi) is 4.56. The van der Waals surface area contributed by atoms with Gasteiger partial charge in [-0.1, -0.05) is 26.0 Å². The number of pyridine rings is 1. The third kappa shape index (κ3) is 3.39. The van der Waals surface area contributed by atoms with E-state index in [1.807, 2.05) is 30.3 Å². The lowest BCUT2D eigenvalue weighted by molar-refractivity contribution is 0.353. The van der Waals surface area contributed by atoms with Gasteiger partial charge in [0.25, 0.3) is 5.56 Å². The predicted molar refractivity (Wildman–Crippen MR) is 107 cm³/mol. The number of H-pyrrole nitrogens is 1. The summed E-state index contributed by atoms with van der Waals surface area (Å²) >= 11 is 0. The second-order valence-electron chi connectivity index (χ2n) is 7.53. The molecule has 6 nitrogen and oxygen atoms in total. The van der Waals surface area contributed by atoms with Crippen LogP contribution in [-0.4, -0.2) is 35.2 Å². The normalized spacial score (nSPS) is 20.0. The molecule has 2 atom stereocenters. The van der Waals surface area contributed by atoms with Gasteiger partial charge in [-0.25, -0.2) is 4.98 Å². The van der Waals surface area contributed by atoms with Crippen molar-refractivity contribution >= 4 is 17.0 Å². The molecular formula is C21H24N4O2. The molecule has 2 unspecified atom stereocenters. The molecule has 0 saturated carbocycles. The number of aromatic amines is 1. The van der Waals surface area contributed by atoms with Crippen LogP contribution < -0.4 is 15.2 Å². The summed E-state index contributed by atoms with van der Waals surface area (Å²) in [6.45, 7) is 6.27. The quantitative estimate of drug-likeness (QED) is 0.770.